The van der Waals surface area contributed by atoms with Crippen molar-refractivity contribution in [3.8, 4) is 0 Å². The van der Waals surface area contributed by atoms with Crippen LogP contribution in [0.15, 0.2) is 43.0 Å². The highest BCUT2D eigenvalue weighted by Gasteiger charge is 2.05. The van der Waals surface area contributed by atoms with Gasteiger partial charge in [-0.15, -0.1) is 0 Å². The van der Waals surface area contributed by atoms with Gasteiger partial charge in [-0.3, -0.25) is 0 Å². The van der Waals surface area contributed by atoms with Gasteiger partial charge < -0.3 is 9.67 Å². The molecule has 0 saturated carbocycles. The van der Waals surface area contributed by atoms with Gasteiger partial charge >= 0.3 is 0 Å². The molecule has 0 aliphatic carbocycles. The van der Waals surface area contributed by atoms with Crippen molar-refractivity contribution >= 4 is 11.6 Å². The summed E-state index contributed by atoms with van der Waals surface area (Å²) in [7, 11) is 0. The van der Waals surface area contributed by atoms with Crippen molar-refractivity contribution in [3.63, 3.8) is 0 Å². The minimum absolute atomic E-state index is 0.335. The Labute approximate surface area is 113 Å². The molecule has 1 aromatic carbocycles. The third-order valence-electron chi connectivity index (χ3n) is 2.11. The van der Waals surface area contributed by atoms with E-state index in [-0.39, 0.29) is 6.42 Å². The summed E-state index contributed by atoms with van der Waals surface area (Å²) < 4.78 is 40.7. The van der Waals surface area contributed by atoms with Gasteiger partial charge in [0.1, 0.15) is 0 Å². The second-order valence-corrected chi connectivity index (χ2v) is 3.85. The van der Waals surface area contributed by atoms with E-state index in [1.165, 1.54) is 12.4 Å². The van der Waals surface area contributed by atoms with Crippen molar-refractivity contribution in [2.24, 2.45) is 0 Å². The molecule has 2 rings (SSSR count). The maximum Gasteiger partial charge on any atom is 0.0946 e. The number of hydrogen-bond donors (Lipinski definition) is 1. The molecule has 1 unspecified atom stereocenters. The molecule has 0 saturated heterocycles. The van der Waals surface area contributed by atoms with Crippen molar-refractivity contribution in [1.29, 1.82) is 0 Å². The van der Waals surface area contributed by atoms with Gasteiger partial charge in [-0.05, 0) is 30.5 Å². The summed E-state index contributed by atoms with van der Waals surface area (Å²) in [4.78, 5) is 3.67. The number of halogens is 1. The highest BCUT2D eigenvalue weighted by atomic mass is 35.5. The van der Waals surface area contributed by atoms with Crippen LogP contribution in [0.25, 0.3) is 0 Å². The summed E-state index contributed by atoms with van der Waals surface area (Å²) in [6.07, 6.45) is -2.29. The largest absolute Gasteiger partial charge is 0.391 e. The maximum absolute atomic E-state index is 10.3. The highest BCUT2D eigenvalue weighted by molar-refractivity contribution is 6.30. The number of hydrogen-bond acceptors (Lipinski definition) is 2. The minimum Gasteiger partial charge on any atom is -0.391 e. The van der Waals surface area contributed by atoms with Crippen molar-refractivity contribution in [3.05, 3.63) is 53.6 Å². The zero-order valence-electron chi connectivity index (χ0n) is 14.0. The Hall–Kier alpha value is -1.32. The van der Waals surface area contributed by atoms with Crippen LogP contribution >= 0.6 is 11.6 Å². The average molecular weight is 256 g/mol. The van der Waals surface area contributed by atoms with Crippen LogP contribution in [-0.4, -0.2) is 20.7 Å². The van der Waals surface area contributed by atoms with Gasteiger partial charge in [0.25, 0.3) is 0 Å². The van der Waals surface area contributed by atoms with Crippen LogP contribution < -0.4 is 0 Å². The number of imidazole rings is 1. The molecule has 90 valence electrons. The molecular formula is C13H15ClN2O. The van der Waals surface area contributed by atoms with E-state index in [2.05, 4.69) is 4.98 Å². The molecule has 0 bridgehead atoms. The summed E-state index contributed by atoms with van der Waals surface area (Å²) in [5.41, 5.74) is 0.501. The van der Waals surface area contributed by atoms with Crippen LogP contribution in [0, 0.1) is 0 Å². The number of benzene rings is 1. The lowest BCUT2D eigenvalue weighted by Gasteiger charge is -2.11. The Morgan fingerprint density at radius 1 is 1.47 bits per heavy atom. The summed E-state index contributed by atoms with van der Waals surface area (Å²) in [5.74, 6) is 0. The molecule has 0 amide bonds. The van der Waals surface area contributed by atoms with Gasteiger partial charge in [0.05, 0.1) is 16.5 Å². The fraction of sp³-hybridized carbons (Fsp3) is 0.308. The summed E-state index contributed by atoms with van der Waals surface area (Å²) in [6, 6.07) is 6.28. The smallest absolute Gasteiger partial charge is 0.0946 e. The van der Waals surface area contributed by atoms with Crippen LogP contribution in [0.4, 0.5) is 0 Å². The van der Waals surface area contributed by atoms with E-state index in [4.69, 9.17) is 18.5 Å². The normalized spacial score (nSPS) is 20.5. The molecule has 1 N–H and O–H groups in total. The van der Waals surface area contributed by atoms with Crippen molar-refractivity contribution in [2.75, 3.05) is 0 Å². The van der Waals surface area contributed by atoms with E-state index in [0.29, 0.717) is 10.6 Å². The van der Waals surface area contributed by atoms with Gasteiger partial charge in [0.2, 0.25) is 0 Å². The molecule has 0 aliphatic rings. The Morgan fingerprint density at radius 3 is 2.88 bits per heavy atom. The van der Waals surface area contributed by atoms with Crippen LogP contribution in [0.1, 0.15) is 18.8 Å². The summed E-state index contributed by atoms with van der Waals surface area (Å²) in [5, 5.41) is 10.8. The SMILES string of the molecule is [2H]C([2H])(Cc1ccc(Cl)cc1)C([2H])(O)C([2H])([2H])n1ccnc1. The lowest BCUT2D eigenvalue weighted by molar-refractivity contribution is 0.144. The standard InChI is InChI=1S/C13H15ClN2O/c14-12-4-1-11(2-5-12)3-6-13(17)9-16-8-7-15-10-16/h1-2,4-5,7-8,10,13,17H,3,6,9H2/i6D2,9D2,13D. The topological polar surface area (TPSA) is 38.0 Å². The molecule has 2 aromatic rings. The van der Waals surface area contributed by atoms with E-state index in [9.17, 15) is 5.11 Å². The van der Waals surface area contributed by atoms with Crippen molar-refractivity contribution in [1.82, 2.24) is 9.55 Å². The molecule has 1 atom stereocenters. The van der Waals surface area contributed by atoms with Crippen molar-refractivity contribution in [2.45, 2.75) is 25.4 Å². The third-order valence-corrected chi connectivity index (χ3v) is 2.36. The van der Waals surface area contributed by atoms with Gasteiger partial charge in [-0.1, -0.05) is 23.7 Å². The number of nitrogens with zero attached hydrogens (tertiary/aromatic N) is 2. The fourth-order valence-electron chi connectivity index (χ4n) is 1.28. The van der Waals surface area contributed by atoms with E-state index < -0.39 is 18.9 Å². The maximum atomic E-state index is 10.3. The second-order valence-electron chi connectivity index (χ2n) is 3.41. The monoisotopic (exact) mass is 255 g/mol. The lowest BCUT2D eigenvalue weighted by atomic mass is 10.1. The number of aromatic nitrogens is 2. The first-order valence-corrected chi connectivity index (χ1v) is 5.41. The predicted molar refractivity (Wildman–Crippen MR) is 68.0 cm³/mol. The first kappa shape index (κ1) is 7.19. The lowest BCUT2D eigenvalue weighted by Crippen LogP contribution is -2.15. The van der Waals surface area contributed by atoms with Gasteiger partial charge in [-0.2, -0.15) is 0 Å². The Balaban J connectivity index is 2.31. The molecule has 0 spiro atoms. The Morgan fingerprint density at radius 2 is 2.24 bits per heavy atom. The summed E-state index contributed by atoms with van der Waals surface area (Å²) in [6.45, 7) is -2.70. The minimum atomic E-state index is -3.03. The average Bonchev–Trinajstić information content (AvgIpc) is 2.95. The molecule has 1 heterocycles. The molecule has 17 heavy (non-hydrogen) atoms. The fourth-order valence-corrected chi connectivity index (χ4v) is 1.40. The molecule has 4 heteroatoms. The first-order valence-electron chi connectivity index (χ1n) is 7.53. The van der Waals surface area contributed by atoms with E-state index in [0.717, 1.165) is 10.9 Å². The van der Waals surface area contributed by atoms with Gasteiger partial charge in [-0.25, -0.2) is 4.98 Å². The van der Waals surface area contributed by atoms with Gasteiger partial charge in [0.15, 0.2) is 0 Å². The van der Waals surface area contributed by atoms with Crippen LogP contribution in [0.3, 0.4) is 0 Å². The Kier molecular flexibility index (Phi) is 2.47. The van der Waals surface area contributed by atoms with E-state index in [1.54, 1.807) is 24.3 Å². The van der Waals surface area contributed by atoms with Gasteiger partial charge in [0, 0.05) is 26.7 Å². The number of rotatable bonds is 5. The van der Waals surface area contributed by atoms with E-state index >= 15 is 0 Å². The number of aliphatic hydroxyl groups is 1. The first-order chi connectivity index (χ1) is 10.1. The highest BCUT2D eigenvalue weighted by Crippen LogP contribution is 2.12. The summed E-state index contributed by atoms with van der Waals surface area (Å²) >= 11 is 5.76. The molecule has 0 fully saturated rings. The second kappa shape index (κ2) is 5.84. The predicted octanol–water partition coefficient (Wildman–Crippen LogP) is 2.53. The zero-order valence-corrected chi connectivity index (χ0v) is 9.72. The molecular weight excluding hydrogens is 236 g/mol. The third kappa shape index (κ3) is 3.88. The van der Waals surface area contributed by atoms with Crippen LogP contribution in [0.5, 0.6) is 0 Å². The molecule has 3 nitrogen and oxygen atoms in total. The molecule has 0 radical (unpaired) electrons. The molecule has 0 aliphatic heterocycles. The number of aryl methyl sites for hydroxylation is 1. The Bertz CT molecular complexity index is 628. The zero-order chi connectivity index (χ0) is 16.6. The van der Waals surface area contributed by atoms with Crippen LogP contribution in [0.2, 0.25) is 5.02 Å². The van der Waals surface area contributed by atoms with E-state index in [1.807, 2.05) is 0 Å². The molecule has 1 aromatic heterocycles. The quantitative estimate of drug-likeness (QED) is 0.892. The van der Waals surface area contributed by atoms with Crippen molar-refractivity contribution < 1.29 is 12.0 Å². The van der Waals surface area contributed by atoms with Crippen LogP contribution in [-0.2, 0) is 12.9 Å².